The van der Waals surface area contributed by atoms with Gasteiger partial charge in [0.25, 0.3) is 11.1 Å². The Bertz CT molecular complexity index is 818. The molecule has 1 amide bonds. The van der Waals surface area contributed by atoms with Gasteiger partial charge >= 0.3 is 0 Å². The smallest absolute Gasteiger partial charge is 0.277 e. The molecule has 0 unspecified atom stereocenters. The summed E-state index contributed by atoms with van der Waals surface area (Å²) in [5.41, 5.74) is 1.54. The van der Waals surface area contributed by atoms with Gasteiger partial charge in [-0.1, -0.05) is 35.5 Å². The highest BCUT2D eigenvalue weighted by molar-refractivity contribution is 7.99. The maximum Gasteiger partial charge on any atom is 0.277 e. The second kappa shape index (κ2) is 7.16. The van der Waals surface area contributed by atoms with E-state index in [2.05, 4.69) is 15.5 Å². The maximum absolute atomic E-state index is 12.0. The SMILES string of the molecule is Cc1c(Cl)cccc1NC(=O)CSc1nnc(-c2cccs2)o1. The molecule has 3 rings (SSSR count). The van der Waals surface area contributed by atoms with E-state index in [1.54, 1.807) is 12.1 Å². The Labute approximate surface area is 146 Å². The van der Waals surface area contributed by atoms with Crippen molar-refractivity contribution >= 4 is 46.3 Å². The van der Waals surface area contributed by atoms with Gasteiger partial charge in [0.15, 0.2) is 0 Å². The van der Waals surface area contributed by atoms with Gasteiger partial charge < -0.3 is 9.73 Å². The summed E-state index contributed by atoms with van der Waals surface area (Å²) in [5, 5.41) is 13.7. The van der Waals surface area contributed by atoms with E-state index in [9.17, 15) is 4.79 Å². The predicted octanol–water partition coefficient (Wildman–Crippen LogP) is 4.49. The average Bonchev–Trinajstić information content (AvgIpc) is 3.20. The molecule has 3 aromatic rings. The van der Waals surface area contributed by atoms with Crippen LogP contribution in [0.5, 0.6) is 0 Å². The molecule has 0 bridgehead atoms. The molecule has 0 saturated carbocycles. The zero-order valence-corrected chi connectivity index (χ0v) is 14.5. The van der Waals surface area contributed by atoms with Crippen molar-refractivity contribution in [3.8, 4) is 10.8 Å². The number of rotatable bonds is 5. The first-order chi connectivity index (χ1) is 11.1. The summed E-state index contributed by atoms with van der Waals surface area (Å²) >= 11 is 8.75. The highest BCUT2D eigenvalue weighted by atomic mass is 35.5. The molecule has 0 aliphatic carbocycles. The summed E-state index contributed by atoms with van der Waals surface area (Å²) in [5.74, 6) is 0.489. The molecule has 0 spiro atoms. The van der Waals surface area contributed by atoms with E-state index in [4.69, 9.17) is 16.0 Å². The van der Waals surface area contributed by atoms with Crippen molar-refractivity contribution < 1.29 is 9.21 Å². The summed E-state index contributed by atoms with van der Waals surface area (Å²) in [6.07, 6.45) is 0. The molecule has 8 heteroatoms. The average molecular weight is 366 g/mol. The van der Waals surface area contributed by atoms with E-state index in [-0.39, 0.29) is 11.7 Å². The van der Waals surface area contributed by atoms with Gasteiger partial charge in [-0.05, 0) is 36.1 Å². The van der Waals surface area contributed by atoms with Crippen LogP contribution in [0.3, 0.4) is 0 Å². The second-order valence-electron chi connectivity index (χ2n) is 4.60. The predicted molar refractivity (Wildman–Crippen MR) is 93.2 cm³/mol. The third-order valence-corrected chi connectivity index (χ3v) is 5.09. The molecule has 118 valence electrons. The van der Waals surface area contributed by atoms with Crippen molar-refractivity contribution in [1.29, 1.82) is 0 Å². The van der Waals surface area contributed by atoms with Crippen molar-refractivity contribution in [2.24, 2.45) is 0 Å². The molecule has 5 nitrogen and oxygen atoms in total. The summed E-state index contributed by atoms with van der Waals surface area (Å²) in [7, 11) is 0. The van der Waals surface area contributed by atoms with Crippen LogP contribution in [0.2, 0.25) is 5.02 Å². The van der Waals surface area contributed by atoms with Crippen LogP contribution in [-0.4, -0.2) is 21.9 Å². The van der Waals surface area contributed by atoms with Crippen LogP contribution in [0, 0.1) is 6.92 Å². The number of carbonyl (C=O) groups is 1. The van der Waals surface area contributed by atoms with E-state index in [1.165, 1.54) is 23.1 Å². The molecular weight excluding hydrogens is 354 g/mol. The minimum Gasteiger partial charge on any atom is -0.410 e. The minimum atomic E-state index is -0.156. The number of halogens is 1. The number of nitrogens with one attached hydrogen (secondary N) is 1. The molecule has 0 radical (unpaired) electrons. The van der Waals surface area contributed by atoms with Crippen LogP contribution in [0.25, 0.3) is 10.8 Å². The fourth-order valence-electron chi connectivity index (χ4n) is 1.82. The number of amides is 1. The van der Waals surface area contributed by atoms with Crippen LogP contribution in [0.4, 0.5) is 5.69 Å². The van der Waals surface area contributed by atoms with E-state index in [0.29, 0.717) is 21.8 Å². The first-order valence-electron chi connectivity index (χ1n) is 6.68. The number of anilines is 1. The van der Waals surface area contributed by atoms with Crippen LogP contribution in [0.1, 0.15) is 5.56 Å². The second-order valence-corrected chi connectivity index (χ2v) is 6.88. The lowest BCUT2D eigenvalue weighted by Crippen LogP contribution is -2.14. The van der Waals surface area contributed by atoms with Gasteiger partial charge in [-0.3, -0.25) is 4.79 Å². The molecule has 0 fully saturated rings. The van der Waals surface area contributed by atoms with Gasteiger partial charge in [0, 0.05) is 10.7 Å². The highest BCUT2D eigenvalue weighted by Crippen LogP contribution is 2.27. The normalized spacial score (nSPS) is 10.7. The number of thioether (sulfide) groups is 1. The monoisotopic (exact) mass is 365 g/mol. The Morgan fingerprint density at radius 1 is 1.35 bits per heavy atom. The Hall–Kier alpha value is -1.83. The maximum atomic E-state index is 12.0. The molecule has 2 heterocycles. The number of aromatic nitrogens is 2. The van der Waals surface area contributed by atoms with Gasteiger partial charge in [0.05, 0.1) is 10.6 Å². The van der Waals surface area contributed by atoms with E-state index in [1.807, 2.05) is 30.5 Å². The minimum absolute atomic E-state index is 0.156. The van der Waals surface area contributed by atoms with Gasteiger partial charge in [0.2, 0.25) is 5.91 Å². The molecule has 1 aromatic carbocycles. The number of hydrogen-bond donors (Lipinski definition) is 1. The van der Waals surface area contributed by atoms with Crippen LogP contribution in [-0.2, 0) is 4.79 Å². The number of thiophene rings is 1. The van der Waals surface area contributed by atoms with Crippen molar-refractivity contribution in [3.63, 3.8) is 0 Å². The van der Waals surface area contributed by atoms with E-state index in [0.717, 1.165) is 10.4 Å². The summed E-state index contributed by atoms with van der Waals surface area (Å²) in [6, 6.07) is 9.21. The van der Waals surface area contributed by atoms with E-state index >= 15 is 0 Å². The Balaban J connectivity index is 1.58. The summed E-state index contributed by atoms with van der Waals surface area (Å²) in [4.78, 5) is 12.9. The fourth-order valence-corrected chi connectivity index (χ4v) is 3.21. The lowest BCUT2D eigenvalue weighted by atomic mass is 10.2. The highest BCUT2D eigenvalue weighted by Gasteiger charge is 2.12. The lowest BCUT2D eigenvalue weighted by molar-refractivity contribution is -0.113. The van der Waals surface area contributed by atoms with Crippen LogP contribution in [0.15, 0.2) is 45.4 Å². The molecule has 0 saturated heterocycles. The first-order valence-corrected chi connectivity index (χ1v) is 8.93. The number of nitrogens with zero attached hydrogens (tertiary/aromatic N) is 2. The Morgan fingerprint density at radius 3 is 3.00 bits per heavy atom. The van der Waals surface area contributed by atoms with Gasteiger partial charge in [-0.2, -0.15) is 0 Å². The zero-order valence-electron chi connectivity index (χ0n) is 12.1. The molecule has 0 aliphatic rings. The molecule has 1 N–H and O–H groups in total. The van der Waals surface area contributed by atoms with Gasteiger partial charge in [-0.15, -0.1) is 21.5 Å². The van der Waals surface area contributed by atoms with Crippen molar-refractivity contribution in [2.45, 2.75) is 12.1 Å². The van der Waals surface area contributed by atoms with E-state index < -0.39 is 0 Å². The summed E-state index contributed by atoms with van der Waals surface area (Å²) < 4.78 is 5.52. The largest absolute Gasteiger partial charge is 0.410 e. The van der Waals surface area contributed by atoms with Crippen LogP contribution >= 0.6 is 34.7 Å². The third kappa shape index (κ3) is 3.93. The first kappa shape index (κ1) is 16.0. The van der Waals surface area contributed by atoms with Gasteiger partial charge in [0.1, 0.15) is 0 Å². The molecule has 23 heavy (non-hydrogen) atoms. The fraction of sp³-hybridized carbons (Fsp3) is 0.133. The molecular formula is C15H12ClN3O2S2. The summed E-state index contributed by atoms with van der Waals surface area (Å²) in [6.45, 7) is 1.86. The Kier molecular flexibility index (Phi) is 5.00. The standard InChI is InChI=1S/C15H12ClN3O2S2/c1-9-10(16)4-2-5-11(9)17-13(20)8-23-15-19-18-14(21-15)12-6-3-7-22-12/h2-7H,8H2,1H3,(H,17,20). The molecule has 0 atom stereocenters. The van der Waals surface area contributed by atoms with Crippen LogP contribution < -0.4 is 5.32 Å². The number of hydrogen-bond acceptors (Lipinski definition) is 6. The third-order valence-electron chi connectivity index (χ3n) is 3.01. The molecule has 0 aliphatic heterocycles. The van der Waals surface area contributed by atoms with Crippen molar-refractivity contribution in [2.75, 3.05) is 11.1 Å². The number of carbonyl (C=O) groups excluding carboxylic acids is 1. The zero-order chi connectivity index (χ0) is 16.2. The lowest BCUT2D eigenvalue weighted by Gasteiger charge is -2.08. The number of benzene rings is 1. The quantitative estimate of drug-likeness (QED) is 0.674. The van der Waals surface area contributed by atoms with Crippen molar-refractivity contribution in [3.05, 3.63) is 46.3 Å². The molecule has 2 aromatic heterocycles. The Morgan fingerprint density at radius 2 is 2.22 bits per heavy atom. The van der Waals surface area contributed by atoms with Gasteiger partial charge in [-0.25, -0.2) is 0 Å². The topological polar surface area (TPSA) is 68.0 Å². The van der Waals surface area contributed by atoms with Crippen molar-refractivity contribution in [1.82, 2.24) is 10.2 Å².